The number of piperazine rings is 1. The van der Waals surface area contributed by atoms with E-state index in [4.69, 9.17) is 46.4 Å². The number of hydrogen-bond donors (Lipinski definition) is 0. The summed E-state index contributed by atoms with van der Waals surface area (Å²) >= 11 is 25.6. The molecule has 2 aromatic rings. The molecule has 33 heavy (non-hydrogen) atoms. The first-order valence-electron chi connectivity index (χ1n) is 9.98. The van der Waals surface area contributed by atoms with Crippen LogP contribution in [0.2, 0.25) is 5.02 Å². The van der Waals surface area contributed by atoms with Crippen molar-refractivity contribution in [2.75, 3.05) is 31.1 Å². The summed E-state index contributed by atoms with van der Waals surface area (Å²) < 4.78 is 12.1. The largest absolute Gasteiger partial charge is 0.369 e. The molecule has 4 rings (SSSR count). The maximum atomic E-state index is 14.1. The molecule has 2 fully saturated rings. The van der Waals surface area contributed by atoms with Gasteiger partial charge in [0, 0.05) is 42.5 Å². The van der Waals surface area contributed by atoms with Crippen molar-refractivity contribution < 1.29 is 14.0 Å². The normalized spacial score (nSPS) is 20.1. The van der Waals surface area contributed by atoms with Crippen LogP contribution in [0.3, 0.4) is 0 Å². The number of hydrogen-bond acceptors (Lipinski definition) is 5. The number of anilines is 1. The van der Waals surface area contributed by atoms with Crippen LogP contribution in [0.25, 0.3) is 6.08 Å². The molecule has 0 bridgehead atoms. The van der Waals surface area contributed by atoms with Crippen molar-refractivity contribution in [2.45, 2.75) is 9.96 Å². The third-order valence-electron chi connectivity index (χ3n) is 5.39. The summed E-state index contributed by atoms with van der Waals surface area (Å²) in [4.78, 5) is 30.9. The fourth-order valence-electron chi connectivity index (χ4n) is 3.84. The van der Waals surface area contributed by atoms with Crippen LogP contribution in [0.4, 0.5) is 14.9 Å². The summed E-state index contributed by atoms with van der Waals surface area (Å²) in [5, 5.41) is 0.0599. The van der Waals surface area contributed by atoms with Crippen molar-refractivity contribution in [1.29, 1.82) is 0 Å². The quantitative estimate of drug-likeness (QED) is 0.344. The molecule has 5 nitrogen and oxygen atoms in total. The van der Waals surface area contributed by atoms with E-state index in [-0.39, 0.29) is 10.5 Å². The first-order chi connectivity index (χ1) is 15.6. The molecule has 11 heteroatoms. The standard InChI is InChI=1S/C22H18Cl4FN3O2S/c23-15-5-3-6-16(13-15)28-8-10-29(11-9-28)20(22(24,25)26)30-19(31)18(33-21(30)32)12-14-4-1-2-7-17(14)27/h1-7,12-13,20H,8-11H2/b18-12+. The number of imide groups is 1. The van der Waals surface area contributed by atoms with Gasteiger partial charge in [0.1, 0.15) is 12.0 Å². The van der Waals surface area contributed by atoms with E-state index in [0.717, 1.165) is 10.6 Å². The fraction of sp³-hybridized carbons (Fsp3) is 0.273. The SMILES string of the molecule is O=C1S/C(=C/c2ccccc2F)C(=O)N1C(N1CCN(c2cccc(Cl)c2)CC1)C(Cl)(Cl)Cl. The van der Waals surface area contributed by atoms with Gasteiger partial charge in [0.05, 0.1) is 4.91 Å². The third-order valence-corrected chi connectivity index (χ3v) is 7.09. The Morgan fingerprint density at radius 3 is 2.33 bits per heavy atom. The van der Waals surface area contributed by atoms with E-state index >= 15 is 0 Å². The number of halogens is 5. The number of nitrogens with zero attached hydrogens (tertiary/aromatic N) is 3. The van der Waals surface area contributed by atoms with E-state index in [1.165, 1.54) is 18.2 Å². The average molecular weight is 549 g/mol. The minimum Gasteiger partial charge on any atom is -0.369 e. The lowest BCUT2D eigenvalue weighted by Gasteiger charge is -2.44. The van der Waals surface area contributed by atoms with Crippen molar-refractivity contribution >= 4 is 81.1 Å². The highest BCUT2D eigenvalue weighted by Crippen LogP contribution is 2.42. The lowest BCUT2D eigenvalue weighted by Crippen LogP contribution is -2.61. The van der Waals surface area contributed by atoms with Crippen LogP contribution in [0.1, 0.15) is 5.56 Å². The predicted octanol–water partition coefficient (Wildman–Crippen LogP) is 6.03. The number of carbonyl (C=O) groups excluding carboxylic acids is 2. The highest BCUT2D eigenvalue weighted by atomic mass is 35.6. The van der Waals surface area contributed by atoms with Gasteiger partial charge in [0.25, 0.3) is 11.1 Å². The Morgan fingerprint density at radius 1 is 1.00 bits per heavy atom. The van der Waals surface area contributed by atoms with Crippen LogP contribution in [-0.4, -0.2) is 57.1 Å². The van der Waals surface area contributed by atoms with Gasteiger partial charge < -0.3 is 4.90 Å². The molecule has 2 aliphatic heterocycles. The summed E-state index contributed by atoms with van der Waals surface area (Å²) in [6.45, 7) is 2.05. The highest BCUT2D eigenvalue weighted by molar-refractivity contribution is 8.18. The lowest BCUT2D eigenvalue weighted by atomic mass is 10.2. The van der Waals surface area contributed by atoms with Gasteiger partial charge in [0.2, 0.25) is 3.79 Å². The van der Waals surface area contributed by atoms with Gasteiger partial charge in [-0.25, -0.2) is 9.29 Å². The molecule has 2 aliphatic rings. The predicted molar refractivity (Wildman–Crippen MR) is 134 cm³/mol. The van der Waals surface area contributed by atoms with E-state index in [1.807, 2.05) is 18.2 Å². The second kappa shape index (κ2) is 10.0. The molecule has 0 aliphatic carbocycles. The van der Waals surface area contributed by atoms with Gasteiger partial charge >= 0.3 is 0 Å². The van der Waals surface area contributed by atoms with E-state index in [0.29, 0.717) is 43.0 Å². The zero-order valence-corrected chi connectivity index (χ0v) is 20.9. The monoisotopic (exact) mass is 547 g/mol. The van der Waals surface area contributed by atoms with E-state index < -0.39 is 26.9 Å². The Hall–Kier alpha value is -1.48. The van der Waals surface area contributed by atoms with E-state index in [1.54, 1.807) is 23.1 Å². The molecule has 2 heterocycles. The Labute approximate surface area is 215 Å². The smallest absolute Gasteiger partial charge is 0.295 e. The highest BCUT2D eigenvalue weighted by Gasteiger charge is 2.51. The lowest BCUT2D eigenvalue weighted by molar-refractivity contribution is -0.127. The zero-order valence-electron chi connectivity index (χ0n) is 17.1. The number of thioether (sulfide) groups is 1. The summed E-state index contributed by atoms with van der Waals surface area (Å²) in [6, 6.07) is 13.5. The maximum Gasteiger partial charge on any atom is 0.295 e. The second-order valence-electron chi connectivity index (χ2n) is 7.49. The van der Waals surface area contributed by atoms with Crippen molar-refractivity contribution in [3.05, 3.63) is 69.8 Å². The van der Waals surface area contributed by atoms with Gasteiger partial charge in [-0.05, 0) is 42.1 Å². The van der Waals surface area contributed by atoms with Crippen LogP contribution in [0.15, 0.2) is 53.4 Å². The van der Waals surface area contributed by atoms with Gasteiger partial charge in [-0.15, -0.1) is 0 Å². The topological polar surface area (TPSA) is 43.9 Å². The molecule has 174 valence electrons. The number of benzene rings is 2. The van der Waals surface area contributed by atoms with Gasteiger partial charge in [-0.2, -0.15) is 0 Å². The Bertz CT molecular complexity index is 1100. The number of amides is 2. The number of alkyl halides is 3. The van der Waals surface area contributed by atoms with Crippen LogP contribution in [-0.2, 0) is 4.79 Å². The number of carbonyl (C=O) groups is 2. The van der Waals surface area contributed by atoms with Gasteiger partial charge in [0.15, 0.2) is 0 Å². The van der Waals surface area contributed by atoms with E-state index in [9.17, 15) is 14.0 Å². The van der Waals surface area contributed by atoms with Crippen LogP contribution in [0, 0.1) is 5.82 Å². The first-order valence-corrected chi connectivity index (χ1v) is 12.3. The molecule has 0 spiro atoms. The Kier molecular flexibility index (Phi) is 7.48. The van der Waals surface area contributed by atoms with Crippen molar-refractivity contribution in [1.82, 2.24) is 9.80 Å². The molecule has 0 radical (unpaired) electrons. The minimum absolute atomic E-state index is 0.0712. The van der Waals surface area contributed by atoms with Crippen molar-refractivity contribution in [3.8, 4) is 0 Å². The molecular weight excluding hydrogens is 531 g/mol. The molecule has 0 saturated carbocycles. The van der Waals surface area contributed by atoms with Crippen LogP contribution >= 0.6 is 58.2 Å². The van der Waals surface area contributed by atoms with Crippen LogP contribution < -0.4 is 4.90 Å². The molecule has 2 aromatic carbocycles. The fourth-order valence-corrected chi connectivity index (χ4v) is 5.57. The molecule has 1 atom stereocenters. The zero-order chi connectivity index (χ0) is 23.8. The minimum atomic E-state index is -1.95. The average Bonchev–Trinajstić information content (AvgIpc) is 3.03. The van der Waals surface area contributed by atoms with Crippen molar-refractivity contribution in [3.63, 3.8) is 0 Å². The Morgan fingerprint density at radius 2 is 1.70 bits per heavy atom. The summed E-state index contributed by atoms with van der Waals surface area (Å²) in [6.07, 6.45) is 0.232. The molecular formula is C22H18Cl4FN3O2S. The van der Waals surface area contributed by atoms with E-state index in [2.05, 4.69) is 4.90 Å². The van der Waals surface area contributed by atoms with Crippen LogP contribution in [0.5, 0.6) is 0 Å². The Balaban J connectivity index is 1.55. The third kappa shape index (κ3) is 5.45. The molecule has 1 unspecified atom stereocenters. The van der Waals surface area contributed by atoms with Gasteiger partial charge in [-0.3, -0.25) is 14.5 Å². The molecule has 0 aromatic heterocycles. The summed E-state index contributed by atoms with van der Waals surface area (Å²) in [5.41, 5.74) is 1.16. The maximum absolute atomic E-state index is 14.1. The molecule has 2 saturated heterocycles. The molecule has 0 N–H and O–H groups in total. The summed E-state index contributed by atoms with van der Waals surface area (Å²) in [7, 11) is 0. The number of rotatable bonds is 4. The second-order valence-corrected chi connectivity index (χ2v) is 11.3. The van der Waals surface area contributed by atoms with Crippen molar-refractivity contribution in [2.24, 2.45) is 0 Å². The molecule has 2 amide bonds. The summed E-state index contributed by atoms with van der Waals surface area (Å²) in [5.74, 6) is -1.12. The van der Waals surface area contributed by atoms with Gasteiger partial charge in [-0.1, -0.05) is 70.7 Å². The first kappa shape index (κ1) is 24.6.